The van der Waals surface area contributed by atoms with Crippen LogP contribution in [0.4, 0.5) is 5.69 Å². The van der Waals surface area contributed by atoms with Gasteiger partial charge in [-0.15, -0.1) is 0 Å². The van der Waals surface area contributed by atoms with Crippen LogP contribution in [0, 0.1) is 0 Å². The molecule has 2 amide bonds. The number of nitrogens with one attached hydrogen (secondary N) is 2. The van der Waals surface area contributed by atoms with Crippen LogP contribution >= 0.6 is 0 Å². The molecule has 2 N–H and O–H groups in total. The SMILES string of the molecule is O=C(Nc1ccc(OCc2ccccc2)cc1)c1cncc(C(=O)NC2CC2)c1. The molecule has 0 bridgehead atoms. The third-order valence-corrected chi connectivity index (χ3v) is 4.54. The maximum absolute atomic E-state index is 12.5. The van der Waals surface area contributed by atoms with Crippen LogP contribution in [0.1, 0.15) is 39.1 Å². The lowest BCUT2D eigenvalue weighted by Crippen LogP contribution is -2.26. The van der Waals surface area contributed by atoms with Crippen molar-refractivity contribution < 1.29 is 14.3 Å². The van der Waals surface area contributed by atoms with Crippen molar-refractivity contribution in [3.63, 3.8) is 0 Å². The average Bonchev–Trinajstić information content (AvgIpc) is 3.58. The summed E-state index contributed by atoms with van der Waals surface area (Å²) in [7, 11) is 0. The van der Waals surface area contributed by atoms with Crippen LogP contribution in [-0.4, -0.2) is 22.8 Å². The number of rotatable bonds is 7. The Bertz CT molecular complexity index is 999. The number of benzene rings is 2. The molecular formula is C23H21N3O3. The number of anilines is 1. The van der Waals surface area contributed by atoms with Gasteiger partial charge in [0, 0.05) is 24.1 Å². The molecule has 0 unspecified atom stereocenters. The summed E-state index contributed by atoms with van der Waals surface area (Å²) >= 11 is 0. The maximum Gasteiger partial charge on any atom is 0.257 e. The summed E-state index contributed by atoms with van der Waals surface area (Å²) in [4.78, 5) is 28.7. The van der Waals surface area contributed by atoms with Crippen molar-refractivity contribution in [2.24, 2.45) is 0 Å². The Kier molecular flexibility index (Phi) is 5.52. The number of hydrogen-bond donors (Lipinski definition) is 2. The summed E-state index contributed by atoms with van der Waals surface area (Å²) in [6.07, 6.45) is 4.92. The molecule has 6 heteroatoms. The zero-order valence-corrected chi connectivity index (χ0v) is 15.8. The third kappa shape index (κ3) is 5.19. The fourth-order valence-corrected chi connectivity index (χ4v) is 2.76. The zero-order valence-electron chi connectivity index (χ0n) is 15.8. The van der Waals surface area contributed by atoms with Gasteiger partial charge in [-0.1, -0.05) is 30.3 Å². The van der Waals surface area contributed by atoms with Gasteiger partial charge in [-0.3, -0.25) is 14.6 Å². The Morgan fingerprint density at radius 2 is 1.62 bits per heavy atom. The van der Waals surface area contributed by atoms with E-state index in [-0.39, 0.29) is 17.9 Å². The maximum atomic E-state index is 12.5. The quantitative estimate of drug-likeness (QED) is 0.646. The van der Waals surface area contributed by atoms with Gasteiger partial charge < -0.3 is 15.4 Å². The highest BCUT2D eigenvalue weighted by atomic mass is 16.5. The first-order chi connectivity index (χ1) is 14.2. The van der Waals surface area contributed by atoms with Gasteiger partial charge in [0.15, 0.2) is 0 Å². The molecule has 0 radical (unpaired) electrons. The smallest absolute Gasteiger partial charge is 0.257 e. The summed E-state index contributed by atoms with van der Waals surface area (Å²) in [5.74, 6) is 0.193. The number of carbonyl (C=O) groups is 2. The Morgan fingerprint density at radius 3 is 2.31 bits per heavy atom. The van der Waals surface area contributed by atoms with E-state index in [0.717, 1.165) is 18.4 Å². The summed E-state index contributed by atoms with van der Waals surface area (Å²) in [6.45, 7) is 0.480. The van der Waals surface area contributed by atoms with E-state index in [4.69, 9.17) is 4.74 Å². The monoisotopic (exact) mass is 387 g/mol. The molecule has 0 spiro atoms. The zero-order chi connectivity index (χ0) is 20.1. The van der Waals surface area contributed by atoms with Crippen LogP contribution in [-0.2, 0) is 6.61 Å². The van der Waals surface area contributed by atoms with E-state index in [1.807, 2.05) is 30.3 Å². The molecule has 0 atom stereocenters. The normalized spacial score (nSPS) is 12.8. The molecule has 0 aliphatic heterocycles. The van der Waals surface area contributed by atoms with E-state index in [2.05, 4.69) is 15.6 Å². The molecule has 0 saturated heterocycles. The van der Waals surface area contributed by atoms with Gasteiger partial charge in [-0.05, 0) is 48.7 Å². The minimum Gasteiger partial charge on any atom is -0.489 e. The van der Waals surface area contributed by atoms with E-state index >= 15 is 0 Å². The number of pyridine rings is 1. The molecule has 1 saturated carbocycles. The van der Waals surface area contributed by atoms with Crippen molar-refractivity contribution in [1.82, 2.24) is 10.3 Å². The Labute approximate surface area is 168 Å². The largest absolute Gasteiger partial charge is 0.489 e. The predicted octanol–water partition coefficient (Wildman–Crippen LogP) is 3.81. The van der Waals surface area contributed by atoms with Gasteiger partial charge in [0.05, 0.1) is 11.1 Å². The molecule has 1 aromatic heterocycles. The lowest BCUT2D eigenvalue weighted by atomic mass is 10.1. The van der Waals surface area contributed by atoms with Crippen molar-refractivity contribution >= 4 is 17.5 Å². The minimum atomic E-state index is -0.323. The Morgan fingerprint density at radius 1 is 0.931 bits per heavy atom. The first-order valence-corrected chi connectivity index (χ1v) is 9.51. The van der Waals surface area contributed by atoms with Gasteiger partial charge >= 0.3 is 0 Å². The van der Waals surface area contributed by atoms with Crippen molar-refractivity contribution in [2.45, 2.75) is 25.5 Å². The molecule has 4 rings (SSSR count). The minimum absolute atomic E-state index is 0.199. The predicted molar refractivity (Wildman–Crippen MR) is 110 cm³/mol. The van der Waals surface area contributed by atoms with Gasteiger partial charge in [0.2, 0.25) is 0 Å². The Balaban J connectivity index is 1.35. The van der Waals surface area contributed by atoms with Gasteiger partial charge in [-0.25, -0.2) is 0 Å². The summed E-state index contributed by atoms with van der Waals surface area (Å²) in [6, 6.07) is 18.9. The van der Waals surface area contributed by atoms with E-state index in [1.54, 1.807) is 30.3 Å². The fourth-order valence-electron chi connectivity index (χ4n) is 2.76. The molecule has 2 aromatic carbocycles. The van der Waals surface area contributed by atoms with Crippen LogP contribution in [0.15, 0.2) is 73.1 Å². The second-order valence-electron chi connectivity index (χ2n) is 6.96. The highest BCUT2D eigenvalue weighted by Crippen LogP contribution is 2.20. The number of carbonyl (C=O) groups excluding carboxylic acids is 2. The van der Waals surface area contributed by atoms with Crippen LogP contribution in [0.3, 0.4) is 0 Å². The summed E-state index contributed by atoms with van der Waals surface area (Å²) in [5, 5.41) is 5.70. The van der Waals surface area contributed by atoms with E-state index in [1.165, 1.54) is 12.4 Å². The summed E-state index contributed by atoms with van der Waals surface area (Å²) in [5.41, 5.74) is 2.44. The number of nitrogens with zero attached hydrogens (tertiary/aromatic N) is 1. The first kappa shape index (κ1) is 18.7. The standard InChI is InChI=1S/C23H21N3O3/c27-22(25-19-6-7-19)17-12-18(14-24-13-17)23(28)26-20-8-10-21(11-9-20)29-15-16-4-2-1-3-5-16/h1-5,8-14,19H,6-7,15H2,(H,25,27)(H,26,28). The number of hydrogen-bond acceptors (Lipinski definition) is 4. The molecule has 1 aliphatic carbocycles. The highest BCUT2D eigenvalue weighted by Gasteiger charge is 2.24. The molecule has 6 nitrogen and oxygen atoms in total. The number of ether oxygens (including phenoxy) is 1. The fraction of sp³-hybridized carbons (Fsp3) is 0.174. The van der Waals surface area contributed by atoms with Gasteiger partial charge in [0.25, 0.3) is 11.8 Å². The van der Waals surface area contributed by atoms with E-state index < -0.39 is 0 Å². The van der Waals surface area contributed by atoms with Crippen LogP contribution in [0.2, 0.25) is 0 Å². The third-order valence-electron chi connectivity index (χ3n) is 4.54. The molecule has 1 heterocycles. The lowest BCUT2D eigenvalue weighted by molar-refractivity contribution is 0.0950. The second kappa shape index (κ2) is 8.56. The van der Waals surface area contributed by atoms with Crippen molar-refractivity contribution in [3.05, 3.63) is 89.7 Å². The van der Waals surface area contributed by atoms with Crippen LogP contribution in [0.5, 0.6) is 5.75 Å². The van der Waals surface area contributed by atoms with Crippen molar-refractivity contribution in [2.75, 3.05) is 5.32 Å². The van der Waals surface area contributed by atoms with Gasteiger partial charge in [-0.2, -0.15) is 0 Å². The van der Waals surface area contributed by atoms with Crippen LogP contribution in [0.25, 0.3) is 0 Å². The van der Waals surface area contributed by atoms with Crippen molar-refractivity contribution in [1.29, 1.82) is 0 Å². The topological polar surface area (TPSA) is 80.3 Å². The van der Waals surface area contributed by atoms with E-state index in [0.29, 0.717) is 29.2 Å². The number of aromatic nitrogens is 1. The van der Waals surface area contributed by atoms with Gasteiger partial charge in [0.1, 0.15) is 12.4 Å². The molecule has 29 heavy (non-hydrogen) atoms. The lowest BCUT2D eigenvalue weighted by Gasteiger charge is -2.09. The average molecular weight is 387 g/mol. The second-order valence-corrected chi connectivity index (χ2v) is 6.96. The molecule has 1 aliphatic rings. The molecular weight excluding hydrogens is 366 g/mol. The van der Waals surface area contributed by atoms with Crippen LogP contribution < -0.4 is 15.4 Å². The molecule has 3 aromatic rings. The molecule has 146 valence electrons. The Hall–Kier alpha value is -3.67. The highest BCUT2D eigenvalue weighted by molar-refractivity contribution is 6.05. The van der Waals surface area contributed by atoms with E-state index in [9.17, 15) is 9.59 Å². The first-order valence-electron chi connectivity index (χ1n) is 9.51. The molecule has 1 fully saturated rings. The van der Waals surface area contributed by atoms with Crippen molar-refractivity contribution in [3.8, 4) is 5.75 Å². The number of amides is 2. The summed E-state index contributed by atoms with van der Waals surface area (Å²) < 4.78 is 5.75.